The number of aliphatic hydroxyl groups excluding tert-OH is 2. The predicted octanol–water partition coefficient (Wildman–Crippen LogP) is -0.267. The molecule has 2 heterocycles. The minimum Gasteiger partial charge on any atom is -0.380 e. The molecule has 2 amide bonds. The first kappa shape index (κ1) is 15.3. The number of hydrogen-bond donors (Lipinski definition) is 2. The summed E-state index contributed by atoms with van der Waals surface area (Å²) in [5.74, 6) is -1.05. The Labute approximate surface area is 119 Å². The fraction of sp³-hybridized carbons (Fsp3) is 0.857. The molecule has 6 heteroatoms. The van der Waals surface area contributed by atoms with Crippen molar-refractivity contribution < 1.29 is 19.8 Å². The lowest BCUT2D eigenvalue weighted by Crippen LogP contribution is -2.53. The number of hydrogen-bond acceptors (Lipinski definition) is 4. The largest absolute Gasteiger partial charge is 0.380 e. The Morgan fingerprint density at radius 1 is 0.650 bits per heavy atom. The number of rotatable bonds is 3. The van der Waals surface area contributed by atoms with Crippen LogP contribution in [0.2, 0.25) is 0 Å². The van der Waals surface area contributed by atoms with Crippen molar-refractivity contribution in [3.63, 3.8) is 0 Å². The molecule has 114 valence electrons. The minimum absolute atomic E-state index is 0.525. The number of carbonyl (C=O) groups excluding carboxylic acids is 2. The van der Waals surface area contributed by atoms with Crippen LogP contribution in [-0.4, -0.2) is 70.2 Å². The van der Waals surface area contributed by atoms with Gasteiger partial charge in [-0.15, -0.1) is 0 Å². The van der Waals surface area contributed by atoms with Gasteiger partial charge >= 0.3 is 0 Å². The van der Waals surface area contributed by atoms with E-state index < -0.39 is 24.0 Å². The van der Waals surface area contributed by atoms with Gasteiger partial charge in [-0.1, -0.05) is 0 Å². The molecule has 2 atom stereocenters. The van der Waals surface area contributed by atoms with Crippen molar-refractivity contribution in [3.05, 3.63) is 0 Å². The first-order valence-electron chi connectivity index (χ1n) is 7.55. The van der Waals surface area contributed by atoms with E-state index in [0.29, 0.717) is 26.2 Å². The Kier molecular flexibility index (Phi) is 5.37. The van der Waals surface area contributed by atoms with Crippen molar-refractivity contribution in [1.82, 2.24) is 9.80 Å². The summed E-state index contributed by atoms with van der Waals surface area (Å²) in [5, 5.41) is 19.9. The van der Waals surface area contributed by atoms with Gasteiger partial charge in [-0.05, 0) is 38.5 Å². The third-order valence-corrected chi connectivity index (χ3v) is 4.14. The molecule has 2 saturated heterocycles. The molecule has 2 aliphatic rings. The Morgan fingerprint density at radius 2 is 0.950 bits per heavy atom. The molecule has 0 bridgehead atoms. The van der Waals surface area contributed by atoms with Gasteiger partial charge in [0, 0.05) is 26.2 Å². The topological polar surface area (TPSA) is 81.1 Å². The van der Waals surface area contributed by atoms with Crippen LogP contribution in [0.1, 0.15) is 38.5 Å². The second-order valence-corrected chi connectivity index (χ2v) is 5.66. The molecule has 2 fully saturated rings. The Morgan fingerprint density at radius 3 is 1.25 bits per heavy atom. The molecular weight excluding hydrogens is 260 g/mol. The van der Waals surface area contributed by atoms with Gasteiger partial charge in [0.25, 0.3) is 11.8 Å². The van der Waals surface area contributed by atoms with Gasteiger partial charge in [0.05, 0.1) is 0 Å². The number of carbonyl (C=O) groups is 2. The zero-order valence-corrected chi connectivity index (χ0v) is 11.8. The Bertz CT molecular complexity index is 315. The highest BCUT2D eigenvalue weighted by Crippen LogP contribution is 2.14. The molecule has 0 aliphatic carbocycles. The van der Waals surface area contributed by atoms with Crippen LogP contribution in [0.15, 0.2) is 0 Å². The number of aliphatic hydroxyl groups is 2. The van der Waals surface area contributed by atoms with Crippen molar-refractivity contribution in [3.8, 4) is 0 Å². The highest BCUT2D eigenvalue weighted by Gasteiger charge is 2.36. The summed E-state index contributed by atoms with van der Waals surface area (Å²) in [7, 11) is 0. The summed E-state index contributed by atoms with van der Waals surface area (Å²) < 4.78 is 0. The number of amides is 2. The van der Waals surface area contributed by atoms with Crippen LogP contribution >= 0.6 is 0 Å². The standard InChI is InChI=1S/C14H24N2O4/c17-11(13(19)15-7-3-1-4-8-15)12(18)14(20)16-9-5-2-6-10-16/h11-12,17-18H,1-10H2/t11-,12-/m0/s1. The van der Waals surface area contributed by atoms with Gasteiger partial charge in [0.2, 0.25) is 0 Å². The Hall–Kier alpha value is -1.14. The van der Waals surface area contributed by atoms with E-state index >= 15 is 0 Å². The summed E-state index contributed by atoms with van der Waals surface area (Å²) >= 11 is 0. The maximum absolute atomic E-state index is 12.1. The lowest BCUT2D eigenvalue weighted by Gasteiger charge is -2.32. The molecular formula is C14H24N2O4. The highest BCUT2D eigenvalue weighted by molar-refractivity contribution is 5.90. The van der Waals surface area contributed by atoms with Crippen molar-refractivity contribution in [2.24, 2.45) is 0 Å². The molecule has 20 heavy (non-hydrogen) atoms. The van der Waals surface area contributed by atoms with E-state index in [1.165, 1.54) is 0 Å². The average molecular weight is 284 g/mol. The fourth-order valence-electron chi connectivity index (χ4n) is 2.87. The van der Waals surface area contributed by atoms with Crippen molar-refractivity contribution >= 4 is 11.8 Å². The summed E-state index contributed by atoms with van der Waals surface area (Å²) in [6.07, 6.45) is 2.53. The monoisotopic (exact) mass is 284 g/mol. The molecule has 0 aromatic rings. The van der Waals surface area contributed by atoms with Crippen molar-refractivity contribution in [1.29, 1.82) is 0 Å². The molecule has 0 radical (unpaired) electrons. The number of nitrogens with zero attached hydrogens (tertiary/aromatic N) is 2. The molecule has 0 aromatic carbocycles. The maximum atomic E-state index is 12.1. The number of piperidine rings is 2. The summed E-state index contributed by atoms with van der Waals surface area (Å²) in [5.41, 5.74) is 0. The van der Waals surface area contributed by atoms with Crippen LogP contribution in [-0.2, 0) is 9.59 Å². The SMILES string of the molecule is O=C([C@@H](O)[C@H](O)C(=O)N1CCCCC1)N1CCCCC1. The van der Waals surface area contributed by atoms with E-state index in [1.807, 2.05) is 0 Å². The molecule has 0 spiro atoms. The second kappa shape index (κ2) is 7.04. The van der Waals surface area contributed by atoms with Crippen LogP contribution in [0, 0.1) is 0 Å². The zero-order valence-electron chi connectivity index (χ0n) is 11.8. The normalized spacial score (nSPS) is 23.3. The summed E-state index contributed by atoms with van der Waals surface area (Å²) in [4.78, 5) is 27.2. The molecule has 6 nitrogen and oxygen atoms in total. The van der Waals surface area contributed by atoms with E-state index in [2.05, 4.69) is 0 Å². The molecule has 2 N–H and O–H groups in total. The average Bonchev–Trinajstić information content (AvgIpc) is 2.53. The lowest BCUT2D eigenvalue weighted by molar-refractivity contribution is -0.159. The molecule has 0 saturated carbocycles. The fourth-order valence-corrected chi connectivity index (χ4v) is 2.87. The van der Waals surface area contributed by atoms with Crippen LogP contribution in [0.25, 0.3) is 0 Å². The van der Waals surface area contributed by atoms with E-state index in [-0.39, 0.29) is 0 Å². The summed E-state index contributed by atoms with van der Waals surface area (Å²) in [6.45, 7) is 2.39. The van der Waals surface area contributed by atoms with Gasteiger partial charge in [0.15, 0.2) is 12.2 Å². The van der Waals surface area contributed by atoms with Crippen LogP contribution < -0.4 is 0 Å². The van der Waals surface area contributed by atoms with E-state index in [4.69, 9.17) is 0 Å². The number of likely N-dealkylation sites (tertiary alicyclic amines) is 2. The van der Waals surface area contributed by atoms with E-state index in [9.17, 15) is 19.8 Å². The van der Waals surface area contributed by atoms with Crippen LogP contribution in [0.4, 0.5) is 0 Å². The molecule has 0 unspecified atom stereocenters. The Balaban J connectivity index is 1.90. The summed E-state index contributed by atoms with van der Waals surface area (Å²) in [6, 6.07) is 0. The van der Waals surface area contributed by atoms with Crippen molar-refractivity contribution in [2.45, 2.75) is 50.7 Å². The smallest absolute Gasteiger partial charge is 0.254 e. The zero-order chi connectivity index (χ0) is 14.5. The van der Waals surface area contributed by atoms with E-state index in [1.54, 1.807) is 9.80 Å². The first-order chi connectivity index (χ1) is 9.61. The van der Waals surface area contributed by atoms with Gasteiger partial charge in [-0.3, -0.25) is 9.59 Å². The minimum atomic E-state index is -1.64. The van der Waals surface area contributed by atoms with Gasteiger partial charge in [0.1, 0.15) is 0 Å². The second-order valence-electron chi connectivity index (χ2n) is 5.66. The van der Waals surface area contributed by atoms with Gasteiger partial charge in [-0.25, -0.2) is 0 Å². The third kappa shape index (κ3) is 3.49. The van der Waals surface area contributed by atoms with E-state index in [0.717, 1.165) is 38.5 Å². The van der Waals surface area contributed by atoms with Gasteiger partial charge in [-0.2, -0.15) is 0 Å². The highest BCUT2D eigenvalue weighted by atomic mass is 16.3. The molecule has 0 aromatic heterocycles. The maximum Gasteiger partial charge on any atom is 0.254 e. The molecule has 2 aliphatic heterocycles. The predicted molar refractivity (Wildman–Crippen MR) is 72.9 cm³/mol. The first-order valence-corrected chi connectivity index (χ1v) is 7.55. The van der Waals surface area contributed by atoms with Crippen LogP contribution in [0.5, 0.6) is 0 Å². The third-order valence-electron chi connectivity index (χ3n) is 4.14. The molecule has 2 rings (SSSR count). The van der Waals surface area contributed by atoms with Crippen molar-refractivity contribution in [2.75, 3.05) is 26.2 Å². The lowest BCUT2D eigenvalue weighted by atomic mass is 10.1. The van der Waals surface area contributed by atoms with Gasteiger partial charge < -0.3 is 20.0 Å². The van der Waals surface area contributed by atoms with Crippen LogP contribution in [0.3, 0.4) is 0 Å². The quantitative estimate of drug-likeness (QED) is 0.748.